The van der Waals surface area contributed by atoms with Gasteiger partial charge >= 0.3 is 5.97 Å². The van der Waals surface area contributed by atoms with E-state index in [1.807, 2.05) is 13.8 Å². The average Bonchev–Trinajstić information content (AvgIpc) is 2.48. The second-order valence-electron chi connectivity index (χ2n) is 7.18. The zero-order valence-electron chi connectivity index (χ0n) is 12.9. The molecule has 0 saturated heterocycles. The smallest absolute Gasteiger partial charge is 0.308 e. The second-order valence-corrected chi connectivity index (χ2v) is 7.18. The van der Waals surface area contributed by atoms with E-state index in [2.05, 4.69) is 27.7 Å². The lowest BCUT2D eigenvalue weighted by Crippen LogP contribution is -2.41. The molecule has 1 saturated carbocycles. The number of aliphatic carboxylic acids is 1. The highest BCUT2D eigenvalue weighted by Crippen LogP contribution is 2.78. The molecule has 106 valence electrons. The standard InChI is InChI=1S/C16H24O3/c1-8-9(2)16(7)12(13(18)19)11(10(3)17)15(8,6)14(16,4)5/h11-12H,1-7H3,(H,18,19). The zero-order valence-corrected chi connectivity index (χ0v) is 12.9. The van der Waals surface area contributed by atoms with Gasteiger partial charge in [-0.1, -0.05) is 38.8 Å². The van der Waals surface area contributed by atoms with Crippen LogP contribution in [-0.4, -0.2) is 16.9 Å². The summed E-state index contributed by atoms with van der Waals surface area (Å²) in [5.41, 5.74) is 1.32. The molecule has 0 amide bonds. The molecule has 19 heavy (non-hydrogen) atoms. The van der Waals surface area contributed by atoms with Gasteiger partial charge in [-0.15, -0.1) is 0 Å². The van der Waals surface area contributed by atoms with Crippen LogP contribution in [0.25, 0.3) is 0 Å². The van der Waals surface area contributed by atoms with Gasteiger partial charge in [0, 0.05) is 16.7 Å². The van der Waals surface area contributed by atoms with Gasteiger partial charge in [0.2, 0.25) is 0 Å². The fourth-order valence-electron chi connectivity index (χ4n) is 5.20. The maximum Gasteiger partial charge on any atom is 0.308 e. The lowest BCUT2D eigenvalue weighted by molar-refractivity contribution is -0.150. The van der Waals surface area contributed by atoms with Crippen molar-refractivity contribution >= 4 is 11.8 Å². The van der Waals surface area contributed by atoms with E-state index >= 15 is 0 Å². The number of carbonyl (C=O) groups excluding carboxylic acids is 1. The third-order valence-corrected chi connectivity index (χ3v) is 7.00. The summed E-state index contributed by atoms with van der Waals surface area (Å²) in [7, 11) is 0. The van der Waals surface area contributed by atoms with Gasteiger partial charge in [0.05, 0.1) is 5.92 Å². The highest BCUT2D eigenvalue weighted by Gasteiger charge is 2.76. The summed E-state index contributed by atoms with van der Waals surface area (Å²) in [6.07, 6.45) is 0. The molecule has 2 aliphatic carbocycles. The molecule has 0 radical (unpaired) electrons. The molecule has 0 aromatic rings. The van der Waals surface area contributed by atoms with Crippen molar-refractivity contribution in [2.45, 2.75) is 48.5 Å². The van der Waals surface area contributed by atoms with Crippen LogP contribution in [0.5, 0.6) is 0 Å². The summed E-state index contributed by atoms with van der Waals surface area (Å²) in [5, 5.41) is 9.70. The minimum absolute atomic E-state index is 0.00134. The predicted octanol–water partition coefficient (Wildman–Crippen LogP) is 3.29. The van der Waals surface area contributed by atoms with Gasteiger partial charge in [-0.25, -0.2) is 0 Å². The number of carboxylic acids is 1. The van der Waals surface area contributed by atoms with E-state index in [4.69, 9.17) is 0 Å². The van der Waals surface area contributed by atoms with E-state index in [-0.39, 0.29) is 16.6 Å². The van der Waals surface area contributed by atoms with E-state index in [1.165, 1.54) is 12.5 Å². The fraction of sp³-hybridized carbons (Fsp3) is 0.750. The van der Waals surface area contributed by atoms with Crippen molar-refractivity contribution in [2.75, 3.05) is 0 Å². The first-order valence-electron chi connectivity index (χ1n) is 6.87. The minimum atomic E-state index is -0.841. The quantitative estimate of drug-likeness (QED) is 0.779. The predicted molar refractivity (Wildman–Crippen MR) is 73.7 cm³/mol. The van der Waals surface area contributed by atoms with E-state index in [1.54, 1.807) is 0 Å². The maximum absolute atomic E-state index is 12.2. The lowest BCUT2D eigenvalue weighted by Gasteiger charge is -2.42. The molecule has 2 rings (SSSR count). The molecule has 4 atom stereocenters. The van der Waals surface area contributed by atoms with Gasteiger partial charge in [0.25, 0.3) is 0 Å². The number of carboxylic acid groups (broad SMARTS) is 1. The summed E-state index contributed by atoms with van der Waals surface area (Å²) in [4.78, 5) is 24.0. The van der Waals surface area contributed by atoms with Crippen molar-refractivity contribution in [3.63, 3.8) is 0 Å². The van der Waals surface area contributed by atoms with E-state index < -0.39 is 23.2 Å². The van der Waals surface area contributed by atoms with Crippen LogP contribution in [0.2, 0.25) is 0 Å². The molecule has 0 heterocycles. The molecule has 3 heteroatoms. The molecular weight excluding hydrogens is 240 g/mol. The van der Waals surface area contributed by atoms with Gasteiger partial charge < -0.3 is 5.11 Å². The number of ketones is 1. The fourth-order valence-corrected chi connectivity index (χ4v) is 5.20. The Labute approximate surface area is 115 Å². The molecule has 1 N–H and O–H groups in total. The van der Waals surface area contributed by atoms with Gasteiger partial charge in [-0.2, -0.15) is 0 Å². The molecule has 1 fully saturated rings. The van der Waals surface area contributed by atoms with Crippen LogP contribution in [-0.2, 0) is 9.59 Å². The maximum atomic E-state index is 12.2. The number of hydrogen-bond donors (Lipinski definition) is 1. The Balaban J connectivity index is 2.84. The Morgan fingerprint density at radius 3 is 1.63 bits per heavy atom. The third-order valence-electron chi connectivity index (χ3n) is 7.00. The van der Waals surface area contributed by atoms with Gasteiger partial charge in [-0.3, -0.25) is 9.59 Å². The average molecular weight is 264 g/mol. The summed E-state index contributed by atoms with van der Waals surface area (Å²) in [6.45, 7) is 14.0. The van der Waals surface area contributed by atoms with Gasteiger partial charge in [0.1, 0.15) is 5.78 Å². The molecule has 0 aromatic carbocycles. The molecule has 0 aliphatic heterocycles. The number of allylic oxidation sites excluding steroid dienone is 2. The third kappa shape index (κ3) is 1.16. The van der Waals surface area contributed by atoms with Crippen LogP contribution in [0, 0.1) is 28.1 Å². The van der Waals surface area contributed by atoms with E-state index in [0.717, 1.165) is 5.57 Å². The van der Waals surface area contributed by atoms with E-state index in [9.17, 15) is 14.7 Å². The topological polar surface area (TPSA) is 54.4 Å². The van der Waals surface area contributed by atoms with Crippen molar-refractivity contribution < 1.29 is 14.7 Å². The van der Waals surface area contributed by atoms with Crippen LogP contribution < -0.4 is 0 Å². The summed E-state index contributed by atoms with van der Waals surface area (Å²) in [5.74, 6) is -1.88. The molecule has 2 aliphatic rings. The summed E-state index contributed by atoms with van der Waals surface area (Å²) in [6, 6.07) is 0. The Morgan fingerprint density at radius 1 is 0.947 bits per heavy atom. The number of Topliss-reactive ketones (excluding diaryl/α,β-unsaturated/α-hetero) is 1. The molecule has 2 bridgehead atoms. The van der Waals surface area contributed by atoms with Crippen LogP contribution in [0.15, 0.2) is 11.1 Å². The molecular formula is C16H24O3. The normalized spacial score (nSPS) is 43.7. The van der Waals surface area contributed by atoms with Gasteiger partial charge in [-0.05, 0) is 26.2 Å². The summed E-state index contributed by atoms with van der Waals surface area (Å²) < 4.78 is 0. The number of fused-ring (bicyclic) bond motifs is 2. The monoisotopic (exact) mass is 264 g/mol. The Kier molecular flexibility index (Phi) is 2.63. The Morgan fingerprint density at radius 2 is 1.32 bits per heavy atom. The lowest BCUT2D eigenvalue weighted by atomic mass is 9.61. The van der Waals surface area contributed by atoms with Crippen LogP contribution >= 0.6 is 0 Å². The van der Waals surface area contributed by atoms with Crippen LogP contribution in [0.3, 0.4) is 0 Å². The zero-order chi connectivity index (χ0) is 15.0. The van der Waals surface area contributed by atoms with Crippen molar-refractivity contribution in [2.24, 2.45) is 28.1 Å². The SMILES string of the molecule is CC(=O)C1C(C(=O)O)C2(C)C(C)=C(C)C1(C)C2(C)C. The second kappa shape index (κ2) is 3.50. The first kappa shape index (κ1) is 14.3. The molecule has 3 nitrogen and oxygen atoms in total. The molecule has 0 spiro atoms. The largest absolute Gasteiger partial charge is 0.481 e. The summed E-state index contributed by atoms with van der Waals surface area (Å²) >= 11 is 0. The highest BCUT2D eigenvalue weighted by molar-refractivity contribution is 5.89. The molecule has 0 aromatic heterocycles. The van der Waals surface area contributed by atoms with Crippen molar-refractivity contribution in [1.82, 2.24) is 0 Å². The van der Waals surface area contributed by atoms with Crippen molar-refractivity contribution in [3.8, 4) is 0 Å². The van der Waals surface area contributed by atoms with E-state index in [0.29, 0.717) is 0 Å². The van der Waals surface area contributed by atoms with Crippen molar-refractivity contribution in [3.05, 3.63) is 11.1 Å². The Bertz CT molecular complexity index is 470. The minimum Gasteiger partial charge on any atom is -0.481 e. The number of rotatable bonds is 2. The first-order valence-corrected chi connectivity index (χ1v) is 6.87. The van der Waals surface area contributed by atoms with Crippen LogP contribution in [0.4, 0.5) is 0 Å². The van der Waals surface area contributed by atoms with Gasteiger partial charge in [0.15, 0.2) is 0 Å². The van der Waals surface area contributed by atoms with Crippen LogP contribution in [0.1, 0.15) is 48.5 Å². The number of hydrogen-bond acceptors (Lipinski definition) is 2. The first-order chi connectivity index (χ1) is 8.45. The van der Waals surface area contributed by atoms with Crippen molar-refractivity contribution in [1.29, 1.82) is 0 Å². The number of carbonyl (C=O) groups is 2. The highest BCUT2D eigenvalue weighted by atomic mass is 16.4. The molecule has 4 unspecified atom stereocenters. The Hall–Kier alpha value is -1.12.